The van der Waals surface area contributed by atoms with Crippen molar-refractivity contribution in [2.24, 2.45) is 0 Å². The first kappa shape index (κ1) is 17.1. The van der Waals surface area contributed by atoms with Gasteiger partial charge < -0.3 is 9.64 Å². The standard InChI is InChI=1S/C15H20ClNO4S/c1-10-6-13(7-11(2)15(10)16)21-8-14(18)17(3)12-4-5-22(19,20)9-12/h6-7,12H,4-5,8-9H2,1-3H3/t12-/m0/s1. The maximum Gasteiger partial charge on any atom is 0.260 e. The van der Waals surface area contributed by atoms with E-state index in [1.165, 1.54) is 4.90 Å². The van der Waals surface area contributed by atoms with Crippen LogP contribution in [0.2, 0.25) is 5.02 Å². The number of carbonyl (C=O) groups is 1. The van der Waals surface area contributed by atoms with Crippen LogP contribution in [0.3, 0.4) is 0 Å². The molecule has 2 rings (SSSR count). The molecule has 1 amide bonds. The van der Waals surface area contributed by atoms with Crippen LogP contribution < -0.4 is 4.74 Å². The average Bonchev–Trinajstić information content (AvgIpc) is 2.81. The zero-order valence-electron chi connectivity index (χ0n) is 12.9. The fraction of sp³-hybridized carbons (Fsp3) is 0.533. The number of amides is 1. The Morgan fingerprint density at radius 2 is 1.95 bits per heavy atom. The molecule has 0 N–H and O–H groups in total. The minimum absolute atomic E-state index is 0.0361. The Morgan fingerprint density at radius 3 is 2.45 bits per heavy atom. The molecule has 0 aromatic heterocycles. The number of carbonyl (C=O) groups excluding carboxylic acids is 1. The number of nitrogens with zero attached hydrogens (tertiary/aromatic N) is 1. The molecule has 1 atom stereocenters. The third-order valence-electron chi connectivity index (χ3n) is 3.92. The second kappa shape index (κ2) is 6.46. The zero-order valence-corrected chi connectivity index (χ0v) is 14.5. The first-order valence-electron chi connectivity index (χ1n) is 7.05. The van der Waals surface area contributed by atoms with Crippen LogP contribution >= 0.6 is 11.6 Å². The molecule has 1 aliphatic rings. The Kier molecular flexibility index (Phi) is 5.02. The summed E-state index contributed by atoms with van der Waals surface area (Å²) in [6.07, 6.45) is 0.490. The summed E-state index contributed by atoms with van der Waals surface area (Å²) >= 11 is 6.09. The topological polar surface area (TPSA) is 63.7 Å². The highest BCUT2D eigenvalue weighted by Gasteiger charge is 2.32. The van der Waals surface area contributed by atoms with Gasteiger partial charge in [-0.3, -0.25) is 4.79 Å². The van der Waals surface area contributed by atoms with Gasteiger partial charge in [-0.2, -0.15) is 0 Å². The summed E-state index contributed by atoms with van der Waals surface area (Å²) < 4.78 is 28.5. The van der Waals surface area contributed by atoms with Gasteiger partial charge in [-0.15, -0.1) is 0 Å². The molecule has 1 heterocycles. The van der Waals surface area contributed by atoms with E-state index in [4.69, 9.17) is 16.3 Å². The van der Waals surface area contributed by atoms with Crippen molar-refractivity contribution in [2.45, 2.75) is 26.3 Å². The van der Waals surface area contributed by atoms with Crippen molar-refractivity contribution in [3.05, 3.63) is 28.3 Å². The zero-order chi connectivity index (χ0) is 16.5. The highest BCUT2D eigenvalue weighted by molar-refractivity contribution is 7.91. The van der Waals surface area contributed by atoms with Crippen LogP contribution in [0.4, 0.5) is 0 Å². The average molecular weight is 346 g/mol. The minimum Gasteiger partial charge on any atom is -0.484 e. The number of ether oxygens (including phenoxy) is 1. The first-order chi connectivity index (χ1) is 10.2. The fourth-order valence-electron chi connectivity index (χ4n) is 2.52. The van der Waals surface area contributed by atoms with E-state index in [2.05, 4.69) is 0 Å². The molecule has 0 aliphatic carbocycles. The van der Waals surface area contributed by atoms with Crippen molar-refractivity contribution in [2.75, 3.05) is 25.2 Å². The number of sulfone groups is 1. The summed E-state index contributed by atoms with van der Waals surface area (Å²) in [7, 11) is -1.39. The van der Waals surface area contributed by atoms with Crippen molar-refractivity contribution >= 4 is 27.3 Å². The number of aryl methyl sites for hydroxylation is 2. The van der Waals surface area contributed by atoms with Crippen LogP contribution in [-0.4, -0.2) is 50.4 Å². The largest absolute Gasteiger partial charge is 0.484 e. The Bertz CT molecular complexity index is 664. The molecule has 1 aromatic carbocycles. The molecule has 0 radical (unpaired) electrons. The summed E-state index contributed by atoms with van der Waals surface area (Å²) in [5, 5.41) is 0.687. The number of hydrogen-bond acceptors (Lipinski definition) is 4. The number of hydrogen-bond donors (Lipinski definition) is 0. The number of benzene rings is 1. The molecule has 7 heteroatoms. The summed E-state index contributed by atoms with van der Waals surface area (Å²) in [6.45, 7) is 3.63. The molecule has 0 spiro atoms. The van der Waals surface area contributed by atoms with Gasteiger partial charge in [0.25, 0.3) is 5.91 Å². The van der Waals surface area contributed by atoms with Crippen LogP contribution in [0, 0.1) is 13.8 Å². The van der Waals surface area contributed by atoms with Gasteiger partial charge in [0.1, 0.15) is 5.75 Å². The normalized spacial score (nSPS) is 19.9. The monoisotopic (exact) mass is 345 g/mol. The number of halogens is 1. The van der Waals surface area contributed by atoms with Crippen LogP contribution in [0.25, 0.3) is 0 Å². The molecule has 1 fully saturated rings. The van der Waals surface area contributed by atoms with Gasteiger partial charge in [-0.1, -0.05) is 11.6 Å². The first-order valence-corrected chi connectivity index (χ1v) is 9.25. The van der Waals surface area contributed by atoms with Gasteiger partial charge >= 0.3 is 0 Å². The maximum absolute atomic E-state index is 12.1. The van der Waals surface area contributed by atoms with E-state index < -0.39 is 9.84 Å². The van der Waals surface area contributed by atoms with E-state index in [-0.39, 0.29) is 30.1 Å². The molecule has 1 aliphatic heterocycles. The molecule has 1 aromatic rings. The van der Waals surface area contributed by atoms with Crippen molar-refractivity contribution in [3.63, 3.8) is 0 Å². The summed E-state index contributed by atoms with van der Waals surface area (Å²) in [6, 6.07) is 3.31. The lowest BCUT2D eigenvalue weighted by Crippen LogP contribution is -2.40. The molecule has 0 unspecified atom stereocenters. The van der Waals surface area contributed by atoms with Crippen LogP contribution in [0.15, 0.2) is 12.1 Å². The van der Waals surface area contributed by atoms with Crippen molar-refractivity contribution in [3.8, 4) is 5.75 Å². The summed E-state index contributed by atoms with van der Waals surface area (Å²) in [5.74, 6) is 0.535. The van der Waals surface area contributed by atoms with Crippen molar-refractivity contribution in [1.82, 2.24) is 4.90 Å². The Hall–Kier alpha value is -1.27. The van der Waals surface area contributed by atoms with Crippen LogP contribution in [0.5, 0.6) is 5.75 Å². The van der Waals surface area contributed by atoms with E-state index in [1.807, 2.05) is 13.8 Å². The predicted octanol–water partition coefficient (Wildman–Crippen LogP) is 1.98. The quantitative estimate of drug-likeness (QED) is 0.837. The van der Waals surface area contributed by atoms with Crippen LogP contribution in [0.1, 0.15) is 17.5 Å². The highest BCUT2D eigenvalue weighted by Crippen LogP contribution is 2.26. The Balaban J connectivity index is 1.95. The van der Waals surface area contributed by atoms with Crippen LogP contribution in [-0.2, 0) is 14.6 Å². The second-order valence-corrected chi connectivity index (χ2v) is 8.33. The number of rotatable bonds is 4. The maximum atomic E-state index is 12.1. The second-order valence-electron chi connectivity index (χ2n) is 5.72. The molecular formula is C15H20ClNO4S. The third kappa shape index (κ3) is 3.93. The van der Waals surface area contributed by atoms with Crippen molar-refractivity contribution < 1.29 is 17.9 Å². The third-order valence-corrected chi connectivity index (χ3v) is 6.27. The molecule has 0 bridgehead atoms. The van der Waals surface area contributed by atoms with Gasteiger partial charge in [-0.25, -0.2) is 8.42 Å². The predicted molar refractivity (Wildman–Crippen MR) is 86.2 cm³/mol. The lowest BCUT2D eigenvalue weighted by molar-refractivity contribution is -0.133. The molecule has 0 saturated carbocycles. The molecule has 5 nitrogen and oxygen atoms in total. The van der Waals surface area contributed by atoms with E-state index in [1.54, 1.807) is 19.2 Å². The van der Waals surface area contributed by atoms with Gasteiger partial charge in [0.15, 0.2) is 16.4 Å². The smallest absolute Gasteiger partial charge is 0.260 e. The van der Waals surface area contributed by atoms with Crippen molar-refractivity contribution in [1.29, 1.82) is 0 Å². The molecule has 122 valence electrons. The molecular weight excluding hydrogens is 326 g/mol. The Morgan fingerprint density at radius 1 is 1.36 bits per heavy atom. The van der Waals surface area contributed by atoms with E-state index in [0.29, 0.717) is 17.2 Å². The SMILES string of the molecule is Cc1cc(OCC(=O)N(C)[C@H]2CCS(=O)(=O)C2)cc(C)c1Cl. The summed E-state index contributed by atoms with van der Waals surface area (Å²) in [5.41, 5.74) is 1.78. The van der Waals surface area contributed by atoms with E-state index in [0.717, 1.165) is 11.1 Å². The van der Waals surface area contributed by atoms with E-state index in [9.17, 15) is 13.2 Å². The van der Waals surface area contributed by atoms with E-state index >= 15 is 0 Å². The minimum atomic E-state index is -3.01. The molecule has 22 heavy (non-hydrogen) atoms. The summed E-state index contributed by atoms with van der Waals surface area (Å²) in [4.78, 5) is 13.6. The Labute approximate surface area is 136 Å². The molecule has 1 saturated heterocycles. The highest BCUT2D eigenvalue weighted by atomic mass is 35.5. The lowest BCUT2D eigenvalue weighted by atomic mass is 10.1. The van der Waals surface area contributed by atoms with Gasteiger partial charge in [0.05, 0.1) is 11.5 Å². The van der Waals surface area contributed by atoms with Gasteiger partial charge in [-0.05, 0) is 43.5 Å². The number of likely N-dealkylation sites (N-methyl/N-ethyl adjacent to an activating group) is 1. The lowest BCUT2D eigenvalue weighted by Gasteiger charge is -2.23. The fourth-order valence-corrected chi connectivity index (χ4v) is 4.40. The van der Waals surface area contributed by atoms with Gasteiger partial charge in [0.2, 0.25) is 0 Å². The van der Waals surface area contributed by atoms with Gasteiger partial charge in [0, 0.05) is 18.1 Å².